The van der Waals surface area contributed by atoms with Crippen LogP contribution in [0.4, 0.5) is 0 Å². The summed E-state index contributed by atoms with van der Waals surface area (Å²) in [7, 11) is 0. The van der Waals surface area contributed by atoms with Gasteiger partial charge in [-0.3, -0.25) is 9.20 Å². The van der Waals surface area contributed by atoms with Gasteiger partial charge in [0.25, 0.3) is 0 Å². The highest BCUT2D eigenvalue weighted by Gasteiger charge is 2.57. The number of ether oxygens (including phenoxy) is 1. The summed E-state index contributed by atoms with van der Waals surface area (Å²) in [5, 5.41) is 6.55. The molecule has 2 aromatic heterocycles. The highest BCUT2D eigenvalue weighted by atomic mass is 16.5. The fourth-order valence-electron chi connectivity index (χ4n) is 4.43. The first-order chi connectivity index (χ1) is 11.6. The van der Waals surface area contributed by atoms with E-state index in [1.807, 2.05) is 30.6 Å². The van der Waals surface area contributed by atoms with Crippen molar-refractivity contribution in [3.63, 3.8) is 0 Å². The van der Waals surface area contributed by atoms with Crippen molar-refractivity contribution in [1.29, 1.82) is 0 Å². The molecule has 0 radical (unpaired) electrons. The second-order valence-corrected chi connectivity index (χ2v) is 7.73. The fourth-order valence-corrected chi connectivity index (χ4v) is 4.43. The van der Waals surface area contributed by atoms with E-state index in [2.05, 4.69) is 21.7 Å². The number of carbonyl (C=O) groups is 1. The van der Waals surface area contributed by atoms with E-state index in [1.54, 1.807) is 0 Å². The lowest BCUT2D eigenvalue weighted by Crippen LogP contribution is -2.44. The summed E-state index contributed by atoms with van der Waals surface area (Å²) >= 11 is 0. The molecule has 1 unspecified atom stereocenters. The lowest BCUT2D eigenvalue weighted by Gasteiger charge is -2.26. The molecule has 0 aromatic carbocycles. The van der Waals surface area contributed by atoms with Crippen molar-refractivity contribution in [2.45, 2.75) is 25.8 Å². The Morgan fingerprint density at radius 2 is 2.21 bits per heavy atom. The molecule has 1 amide bonds. The number of hydrogen-bond acceptors (Lipinski definition) is 4. The monoisotopic (exact) mass is 326 g/mol. The molecule has 3 atom stereocenters. The van der Waals surface area contributed by atoms with Gasteiger partial charge in [-0.2, -0.15) is 0 Å². The Balaban J connectivity index is 1.44. The summed E-state index contributed by atoms with van der Waals surface area (Å²) in [6.07, 6.45) is 4.84. The standard InChI is InChI=1S/C18H22N4O2/c1-18(2,21-16(23)14-11-7-19-8-12(11)14)17-20-9-13-15-10(4-6-24-15)3-5-22(13)17/h3,5,9,11-12,14,19H,4,6-8H2,1-2H3,(H,21,23)/t11-,12+,14?. The van der Waals surface area contributed by atoms with Crippen LogP contribution in [0.1, 0.15) is 25.2 Å². The van der Waals surface area contributed by atoms with Crippen LogP contribution in [0.5, 0.6) is 5.75 Å². The van der Waals surface area contributed by atoms with E-state index in [0.29, 0.717) is 11.8 Å². The van der Waals surface area contributed by atoms with Crippen molar-refractivity contribution in [3.05, 3.63) is 29.8 Å². The van der Waals surface area contributed by atoms with Crippen LogP contribution in [0.25, 0.3) is 5.52 Å². The molecule has 6 nitrogen and oxygen atoms in total. The highest BCUT2D eigenvalue weighted by molar-refractivity contribution is 5.83. The van der Waals surface area contributed by atoms with Gasteiger partial charge in [-0.05, 0) is 44.8 Å². The van der Waals surface area contributed by atoms with Gasteiger partial charge in [-0.25, -0.2) is 4.98 Å². The Labute approximate surface area is 140 Å². The molecule has 3 aliphatic rings. The van der Waals surface area contributed by atoms with Gasteiger partial charge in [0.05, 0.1) is 18.3 Å². The average molecular weight is 326 g/mol. The molecule has 2 fully saturated rings. The molecule has 5 rings (SSSR count). The first kappa shape index (κ1) is 14.3. The van der Waals surface area contributed by atoms with Crippen molar-refractivity contribution in [1.82, 2.24) is 20.0 Å². The van der Waals surface area contributed by atoms with Crippen molar-refractivity contribution >= 4 is 11.4 Å². The maximum atomic E-state index is 12.7. The molecule has 126 valence electrons. The largest absolute Gasteiger partial charge is 0.491 e. The Hall–Kier alpha value is -2.08. The van der Waals surface area contributed by atoms with E-state index in [0.717, 1.165) is 43.2 Å². The van der Waals surface area contributed by atoms with E-state index in [9.17, 15) is 4.79 Å². The van der Waals surface area contributed by atoms with Crippen molar-refractivity contribution in [3.8, 4) is 5.75 Å². The quantitative estimate of drug-likeness (QED) is 0.886. The van der Waals surface area contributed by atoms with Gasteiger partial charge in [-0.1, -0.05) is 0 Å². The van der Waals surface area contributed by atoms with Crippen LogP contribution in [-0.4, -0.2) is 35.0 Å². The third kappa shape index (κ3) is 1.92. The lowest BCUT2D eigenvalue weighted by atomic mass is 10.0. The number of carbonyl (C=O) groups excluding carboxylic acids is 1. The van der Waals surface area contributed by atoms with E-state index in [-0.39, 0.29) is 11.8 Å². The first-order valence-electron chi connectivity index (χ1n) is 8.71. The number of pyridine rings is 1. The van der Waals surface area contributed by atoms with E-state index < -0.39 is 5.54 Å². The lowest BCUT2D eigenvalue weighted by molar-refractivity contribution is -0.124. The Morgan fingerprint density at radius 1 is 1.42 bits per heavy atom. The van der Waals surface area contributed by atoms with Gasteiger partial charge in [0, 0.05) is 24.1 Å². The normalized spacial score (nSPS) is 27.7. The summed E-state index contributed by atoms with van der Waals surface area (Å²) in [6, 6.07) is 2.09. The van der Waals surface area contributed by atoms with Crippen LogP contribution in [-0.2, 0) is 16.8 Å². The van der Waals surface area contributed by atoms with Crippen molar-refractivity contribution in [2.75, 3.05) is 19.7 Å². The van der Waals surface area contributed by atoms with Crippen molar-refractivity contribution < 1.29 is 9.53 Å². The van der Waals surface area contributed by atoms with Gasteiger partial charge in [0.1, 0.15) is 17.1 Å². The minimum atomic E-state index is -0.527. The van der Waals surface area contributed by atoms with Crippen LogP contribution in [0, 0.1) is 17.8 Å². The molecule has 6 heteroatoms. The van der Waals surface area contributed by atoms with E-state index >= 15 is 0 Å². The predicted molar refractivity (Wildman–Crippen MR) is 88.9 cm³/mol. The third-order valence-electron chi connectivity index (χ3n) is 5.75. The highest BCUT2D eigenvalue weighted by Crippen LogP contribution is 2.49. The molecule has 2 aliphatic heterocycles. The molecule has 0 spiro atoms. The van der Waals surface area contributed by atoms with Crippen molar-refractivity contribution in [2.24, 2.45) is 17.8 Å². The molecule has 1 saturated carbocycles. The zero-order valence-electron chi connectivity index (χ0n) is 14.0. The summed E-state index contributed by atoms with van der Waals surface area (Å²) in [6.45, 7) is 6.71. The Bertz CT molecular complexity index is 831. The average Bonchev–Trinajstić information content (AvgIpc) is 3.03. The minimum absolute atomic E-state index is 0.158. The first-order valence-corrected chi connectivity index (χ1v) is 8.71. The smallest absolute Gasteiger partial charge is 0.224 e. The fraction of sp³-hybridized carbons (Fsp3) is 0.556. The zero-order valence-corrected chi connectivity index (χ0v) is 14.0. The maximum Gasteiger partial charge on any atom is 0.224 e. The van der Waals surface area contributed by atoms with Gasteiger partial charge in [0.15, 0.2) is 0 Å². The molecule has 4 heterocycles. The third-order valence-corrected chi connectivity index (χ3v) is 5.75. The van der Waals surface area contributed by atoms with Gasteiger partial charge >= 0.3 is 0 Å². The Morgan fingerprint density at radius 3 is 3.00 bits per heavy atom. The zero-order chi connectivity index (χ0) is 16.5. The topological polar surface area (TPSA) is 67.7 Å². The van der Waals surface area contributed by atoms with Crippen LogP contribution in [0.15, 0.2) is 18.5 Å². The number of aromatic nitrogens is 2. The maximum absolute atomic E-state index is 12.7. The number of fused-ring (bicyclic) bond motifs is 4. The summed E-state index contributed by atoms with van der Waals surface area (Å²) < 4.78 is 7.80. The second kappa shape index (κ2) is 4.72. The van der Waals surface area contributed by atoms with Crippen LogP contribution >= 0.6 is 0 Å². The molecule has 0 bridgehead atoms. The molecule has 24 heavy (non-hydrogen) atoms. The number of nitrogens with one attached hydrogen (secondary N) is 2. The van der Waals surface area contributed by atoms with Crippen LogP contribution in [0.2, 0.25) is 0 Å². The molecule has 2 aromatic rings. The molecule has 1 saturated heterocycles. The van der Waals surface area contributed by atoms with E-state index in [4.69, 9.17) is 4.74 Å². The van der Waals surface area contributed by atoms with Crippen LogP contribution < -0.4 is 15.4 Å². The summed E-state index contributed by atoms with van der Waals surface area (Å²) in [5.41, 5.74) is 1.68. The SMILES string of the molecule is CC(C)(NC(=O)C1[C@H]2CNC[C@@H]12)c1ncc2c3c(ccn12)CCO3. The molecular weight excluding hydrogens is 304 g/mol. The number of hydrogen-bond donors (Lipinski definition) is 2. The summed E-state index contributed by atoms with van der Waals surface area (Å²) in [4.78, 5) is 17.3. The minimum Gasteiger partial charge on any atom is -0.491 e. The number of rotatable bonds is 3. The Kier molecular flexibility index (Phi) is 2.81. The number of nitrogens with zero attached hydrogens (tertiary/aromatic N) is 2. The summed E-state index contributed by atoms with van der Waals surface area (Å²) in [5.74, 6) is 3.15. The van der Waals surface area contributed by atoms with Gasteiger partial charge in [0.2, 0.25) is 5.91 Å². The van der Waals surface area contributed by atoms with E-state index in [1.165, 1.54) is 5.56 Å². The molecule has 1 aliphatic carbocycles. The van der Waals surface area contributed by atoms with Gasteiger partial charge < -0.3 is 15.4 Å². The van der Waals surface area contributed by atoms with Gasteiger partial charge in [-0.15, -0.1) is 0 Å². The second-order valence-electron chi connectivity index (χ2n) is 7.73. The molecule has 2 N–H and O–H groups in total. The number of imidazole rings is 1. The van der Waals surface area contributed by atoms with Crippen LogP contribution in [0.3, 0.4) is 0 Å². The molecular formula is C18H22N4O2. The predicted octanol–water partition coefficient (Wildman–Crippen LogP) is 1.09. The number of amides is 1. The number of piperidine rings is 1.